The minimum Gasteiger partial charge on any atom is -0.335 e. The zero-order valence-corrected chi connectivity index (χ0v) is 15.2. The van der Waals surface area contributed by atoms with Crippen LogP contribution in [0.3, 0.4) is 0 Å². The van der Waals surface area contributed by atoms with Gasteiger partial charge in [-0.15, -0.1) is 0 Å². The van der Waals surface area contributed by atoms with Crippen molar-refractivity contribution in [3.05, 3.63) is 102 Å². The molecule has 0 unspecified atom stereocenters. The number of benzene rings is 2. The summed E-state index contributed by atoms with van der Waals surface area (Å²) in [5.74, 6) is 0.0197. The van der Waals surface area contributed by atoms with Crippen LogP contribution in [-0.2, 0) is 0 Å². The van der Waals surface area contributed by atoms with Crippen molar-refractivity contribution in [2.24, 2.45) is 0 Å². The molecule has 0 spiro atoms. The van der Waals surface area contributed by atoms with Gasteiger partial charge in [0, 0.05) is 32.4 Å². The van der Waals surface area contributed by atoms with Crippen molar-refractivity contribution in [1.82, 2.24) is 14.8 Å². The van der Waals surface area contributed by atoms with Crippen LogP contribution in [0.25, 0.3) is 0 Å². The van der Waals surface area contributed by atoms with Gasteiger partial charge in [-0.05, 0) is 23.3 Å². The number of carbonyl (C=O) groups excluding carboxylic acids is 1. The van der Waals surface area contributed by atoms with Gasteiger partial charge >= 0.3 is 0 Å². The van der Waals surface area contributed by atoms with Gasteiger partial charge in [-0.1, -0.05) is 66.7 Å². The summed E-state index contributed by atoms with van der Waals surface area (Å²) in [7, 11) is 0. The lowest BCUT2D eigenvalue weighted by atomic mass is 9.96. The number of pyridine rings is 1. The summed E-state index contributed by atoms with van der Waals surface area (Å²) in [6.45, 7) is 3.11. The predicted octanol–water partition coefficient (Wildman–Crippen LogP) is 3.63. The molecule has 3 aromatic rings. The molecule has 4 nitrogen and oxygen atoms in total. The maximum Gasteiger partial charge on any atom is 0.272 e. The number of carbonyl (C=O) groups is 1. The summed E-state index contributed by atoms with van der Waals surface area (Å²) in [5.41, 5.74) is 3.09. The highest BCUT2D eigenvalue weighted by Gasteiger charge is 2.28. The van der Waals surface area contributed by atoms with Crippen molar-refractivity contribution in [3.63, 3.8) is 0 Å². The first-order valence-corrected chi connectivity index (χ1v) is 9.37. The molecular weight excluding hydrogens is 334 g/mol. The smallest absolute Gasteiger partial charge is 0.272 e. The lowest BCUT2D eigenvalue weighted by Gasteiger charge is -2.39. The SMILES string of the molecule is O=C(c1ccccn1)N1CCN(C(c2ccccc2)c2ccccc2)CC1. The van der Waals surface area contributed by atoms with Crippen molar-refractivity contribution in [2.75, 3.05) is 26.2 Å². The summed E-state index contributed by atoms with van der Waals surface area (Å²) in [5, 5.41) is 0. The second kappa shape index (κ2) is 8.14. The molecular formula is C23H23N3O. The summed E-state index contributed by atoms with van der Waals surface area (Å²) in [6, 6.07) is 26.9. The second-order valence-corrected chi connectivity index (χ2v) is 6.77. The first kappa shape index (κ1) is 17.4. The monoisotopic (exact) mass is 357 g/mol. The van der Waals surface area contributed by atoms with E-state index in [1.807, 2.05) is 17.0 Å². The largest absolute Gasteiger partial charge is 0.335 e. The highest BCUT2D eigenvalue weighted by molar-refractivity contribution is 5.92. The van der Waals surface area contributed by atoms with Crippen LogP contribution in [0.5, 0.6) is 0 Å². The van der Waals surface area contributed by atoms with Crippen LogP contribution in [0.2, 0.25) is 0 Å². The highest BCUT2D eigenvalue weighted by atomic mass is 16.2. The number of nitrogens with zero attached hydrogens (tertiary/aromatic N) is 3. The number of amides is 1. The van der Waals surface area contributed by atoms with Crippen LogP contribution in [0, 0.1) is 0 Å². The molecule has 1 aliphatic heterocycles. The average molecular weight is 357 g/mol. The van der Waals surface area contributed by atoms with E-state index in [0.717, 1.165) is 13.1 Å². The Hall–Kier alpha value is -2.98. The first-order valence-electron chi connectivity index (χ1n) is 9.37. The standard InChI is InChI=1S/C23H23N3O/c27-23(21-13-7-8-14-24-21)26-17-15-25(16-18-26)22(19-9-3-1-4-10-19)20-11-5-2-6-12-20/h1-14,22H,15-18H2. The van der Waals surface area contributed by atoms with Crippen LogP contribution in [-0.4, -0.2) is 46.9 Å². The summed E-state index contributed by atoms with van der Waals surface area (Å²) >= 11 is 0. The predicted molar refractivity (Wildman–Crippen MR) is 106 cm³/mol. The summed E-state index contributed by atoms with van der Waals surface area (Å²) in [6.07, 6.45) is 1.67. The third kappa shape index (κ3) is 3.91. The summed E-state index contributed by atoms with van der Waals surface area (Å²) in [4.78, 5) is 21.2. The fraction of sp³-hybridized carbons (Fsp3) is 0.217. The van der Waals surface area contributed by atoms with E-state index < -0.39 is 0 Å². The first-order chi connectivity index (χ1) is 13.3. The molecule has 4 heteroatoms. The third-order valence-corrected chi connectivity index (χ3v) is 5.08. The van der Waals surface area contributed by atoms with E-state index in [1.165, 1.54) is 11.1 Å². The van der Waals surface area contributed by atoms with Crippen molar-refractivity contribution in [3.8, 4) is 0 Å². The second-order valence-electron chi connectivity index (χ2n) is 6.77. The van der Waals surface area contributed by atoms with Crippen molar-refractivity contribution < 1.29 is 4.79 Å². The minimum absolute atomic E-state index is 0.0197. The fourth-order valence-electron chi connectivity index (χ4n) is 3.72. The Morgan fingerprint density at radius 3 is 1.81 bits per heavy atom. The van der Waals surface area contributed by atoms with Gasteiger partial charge in [-0.25, -0.2) is 0 Å². The molecule has 0 N–H and O–H groups in total. The Morgan fingerprint density at radius 1 is 0.741 bits per heavy atom. The van der Waals surface area contributed by atoms with E-state index in [0.29, 0.717) is 18.8 Å². The van der Waals surface area contributed by atoms with Gasteiger partial charge in [0.15, 0.2) is 0 Å². The molecule has 2 aromatic carbocycles. The van der Waals surface area contributed by atoms with Gasteiger partial charge in [-0.3, -0.25) is 14.7 Å². The van der Waals surface area contributed by atoms with E-state index >= 15 is 0 Å². The maximum absolute atomic E-state index is 12.7. The van der Waals surface area contributed by atoms with Crippen LogP contribution < -0.4 is 0 Å². The van der Waals surface area contributed by atoms with E-state index in [1.54, 1.807) is 12.3 Å². The minimum atomic E-state index is 0.0197. The molecule has 0 aliphatic carbocycles. The molecule has 0 bridgehead atoms. The fourth-order valence-corrected chi connectivity index (χ4v) is 3.72. The van der Waals surface area contributed by atoms with Gasteiger partial charge < -0.3 is 4.90 Å². The van der Waals surface area contributed by atoms with E-state index in [4.69, 9.17) is 0 Å². The van der Waals surface area contributed by atoms with E-state index in [-0.39, 0.29) is 11.9 Å². The maximum atomic E-state index is 12.7. The molecule has 1 aromatic heterocycles. The molecule has 1 saturated heterocycles. The molecule has 136 valence electrons. The topological polar surface area (TPSA) is 36.4 Å². The Morgan fingerprint density at radius 2 is 1.30 bits per heavy atom. The average Bonchev–Trinajstić information content (AvgIpc) is 2.76. The lowest BCUT2D eigenvalue weighted by molar-refractivity contribution is 0.0592. The van der Waals surface area contributed by atoms with Gasteiger partial charge in [0.2, 0.25) is 0 Å². The molecule has 1 aliphatic rings. The van der Waals surface area contributed by atoms with Gasteiger partial charge in [0.05, 0.1) is 6.04 Å². The normalized spacial score (nSPS) is 15.1. The molecule has 1 fully saturated rings. The molecule has 0 saturated carbocycles. The molecule has 4 rings (SSSR count). The number of hydrogen-bond donors (Lipinski definition) is 0. The van der Waals surface area contributed by atoms with Crippen molar-refractivity contribution >= 4 is 5.91 Å². The quantitative estimate of drug-likeness (QED) is 0.715. The number of hydrogen-bond acceptors (Lipinski definition) is 3. The Labute approximate surface area is 160 Å². The van der Waals surface area contributed by atoms with Crippen LogP contribution in [0.1, 0.15) is 27.7 Å². The van der Waals surface area contributed by atoms with E-state index in [9.17, 15) is 4.79 Å². The summed E-state index contributed by atoms with van der Waals surface area (Å²) < 4.78 is 0. The third-order valence-electron chi connectivity index (χ3n) is 5.08. The molecule has 0 radical (unpaired) electrons. The van der Waals surface area contributed by atoms with Gasteiger partial charge in [0.1, 0.15) is 5.69 Å². The Balaban J connectivity index is 1.51. The molecule has 2 heterocycles. The van der Waals surface area contributed by atoms with Crippen molar-refractivity contribution in [2.45, 2.75) is 6.04 Å². The van der Waals surface area contributed by atoms with Crippen molar-refractivity contribution in [1.29, 1.82) is 0 Å². The van der Waals surface area contributed by atoms with E-state index in [2.05, 4.69) is 70.5 Å². The number of piperazine rings is 1. The highest BCUT2D eigenvalue weighted by Crippen LogP contribution is 2.29. The van der Waals surface area contributed by atoms with Crippen LogP contribution >= 0.6 is 0 Å². The zero-order chi connectivity index (χ0) is 18.5. The lowest BCUT2D eigenvalue weighted by Crippen LogP contribution is -2.50. The number of aromatic nitrogens is 1. The molecule has 27 heavy (non-hydrogen) atoms. The Bertz CT molecular complexity index is 820. The number of rotatable bonds is 4. The van der Waals surface area contributed by atoms with Crippen LogP contribution in [0.4, 0.5) is 0 Å². The van der Waals surface area contributed by atoms with Crippen LogP contribution in [0.15, 0.2) is 85.1 Å². The molecule has 1 amide bonds. The van der Waals surface area contributed by atoms with Gasteiger partial charge in [0.25, 0.3) is 5.91 Å². The molecule has 0 atom stereocenters. The van der Waals surface area contributed by atoms with Gasteiger partial charge in [-0.2, -0.15) is 0 Å². The zero-order valence-electron chi connectivity index (χ0n) is 15.2. The Kier molecular flexibility index (Phi) is 5.26.